The number of imide groups is 1. The van der Waals surface area contributed by atoms with E-state index in [2.05, 4.69) is 0 Å². The molecule has 2 unspecified atom stereocenters. The van der Waals surface area contributed by atoms with Crippen molar-refractivity contribution in [3.05, 3.63) is 53.1 Å². The number of amides is 3. The number of rotatable bonds is 5. The molecular formula is C23H27N3O5. The monoisotopic (exact) mass is 425 g/mol. The fraction of sp³-hybridized carbons (Fsp3) is 0.391. The van der Waals surface area contributed by atoms with Crippen LogP contribution in [0.15, 0.2) is 36.4 Å². The topological polar surface area (TPSA) is 82.6 Å². The van der Waals surface area contributed by atoms with E-state index in [1.165, 1.54) is 9.80 Å². The quantitative estimate of drug-likeness (QED) is 0.742. The van der Waals surface area contributed by atoms with Crippen molar-refractivity contribution in [3.8, 4) is 11.5 Å². The Morgan fingerprint density at radius 1 is 1.03 bits per heavy atom. The lowest BCUT2D eigenvalue weighted by atomic mass is 9.95. The second-order valence-corrected chi connectivity index (χ2v) is 7.96. The van der Waals surface area contributed by atoms with Crippen LogP contribution in [0.5, 0.6) is 11.5 Å². The van der Waals surface area contributed by atoms with E-state index in [4.69, 9.17) is 9.47 Å². The highest BCUT2D eigenvalue weighted by molar-refractivity contribution is 6.14. The van der Waals surface area contributed by atoms with Gasteiger partial charge in [0.05, 0.1) is 27.0 Å². The van der Waals surface area contributed by atoms with Crippen molar-refractivity contribution in [2.75, 3.05) is 32.3 Å². The van der Waals surface area contributed by atoms with Crippen LogP contribution in [-0.2, 0) is 11.3 Å². The van der Waals surface area contributed by atoms with Gasteiger partial charge in [-0.2, -0.15) is 0 Å². The maximum absolute atomic E-state index is 13.1. The number of aliphatic hydroxyl groups is 1. The highest BCUT2D eigenvalue weighted by Gasteiger charge is 2.44. The first-order chi connectivity index (χ1) is 14.8. The largest absolute Gasteiger partial charge is 0.496 e. The summed E-state index contributed by atoms with van der Waals surface area (Å²) in [7, 11) is 3.13. The number of nitrogens with zero attached hydrogens (tertiary/aromatic N) is 3. The summed E-state index contributed by atoms with van der Waals surface area (Å²) < 4.78 is 10.9. The lowest BCUT2D eigenvalue weighted by Crippen LogP contribution is -2.45. The molecule has 2 aromatic carbocycles. The van der Waals surface area contributed by atoms with Crippen LogP contribution in [0.4, 0.5) is 10.5 Å². The van der Waals surface area contributed by atoms with Gasteiger partial charge in [-0.3, -0.25) is 14.6 Å². The third-order valence-electron chi connectivity index (χ3n) is 5.96. The van der Waals surface area contributed by atoms with Crippen molar-refractivity contribution in [2.45, 2.75) is 32.5 Å². The Labute approximate surface area is 181 Å². The van der Waals surface area contributed by atoms with Gasteiger partial charge in [-0.1, -0.05) is 17.7 Å². The first kappa shape index (κ1) is 21.1. The van der Waals surface area contributed by atoms with Gasteiger partial charge in [0.1, 0.15) is 17.5 Å². The van der Waals surface area contributed by atoms with Gasteiger partial charge in [-0.25, -0.2) is 9.69 Å². The summed E-state index contributed by atoms with van der Waals surface area (Å²) in [6.45, 7) is 4.48. The molecule has 2 aliphatic rings. The Hall–Kier alpha value is -3.10. The maximum atomic E-state index is 13.1. The SMILES string of the molecule is COc1ccc(OC)c2c1CN(CN1C(=O)C(C)N(c3ccc(C)cc3)C1=O)CC2O. The van der Waals surface area contributed by atoms with E-state index < -0.39 is 12.1 Å². The Kier molecular flexibility index (Phi) is 5.60. The number of hydrogen-bond acceptors (Lipinski definition) is 6. The van der Waals surface area contributed by atoms with Crippen molar-refractivity contribution in [1.29, 1.82) is 0 Å². The molecule has 31 heavy (non-hydrogen) atoms. The zero-order chi connectivity index (χ0) is 22.3. The van der Waals surface area contributed by atoms with Crippen molar-refractivity contribution < 1.29 is 24.2 Å². The minimum Gasteiger partial charge on any atom is -0.496 e. The second-order valence-electron chi connectivity index (χ2n) is 7.96. The number of β-amino-alcohol motifs (C(OH)–C–C–N with tert-alkyl or cyclic N) is 1. The Morgan fingerprint density at radius 2 is 1.68 bits per heavy atom. The smallest absolute Gasteiger partial charge is 0.333 e. The molecule has 0 bridgehead atoms. The third-order valence-corrected chi connectivity index (χ3v) is 5.96. The highest BCUT2D eigenvalue weighted by Crippen LogP contribution is 2.39. The number of benzene rings is 2. The van der Waals surface area contributed by atoms with Crippen molar-refractivity contribution in [2.24, 2.45) is 0 Å². The zero-order valence-corrected chi connectivity index (χ0v) is 18.2. The molecule has 2 aromatic rings. The van der Waals surface area contributed by atoms with E-state index >= 15 is 0 Å². The highest BCUT2D eigenvalue weighted by atomic mass is 16.5. The molecule has 0 spiro atoms. The molecule has 1 N–H and O–H groups in total. The van der Waals surface area contributed by atoms with E-state index in [1.54, 1.807) is 33.3 Å². The van der Waals surface area contributed by atoms with Crippen LogP contribution in [0.2, 0.25) is 0 Å². The molecule has 8 nitrogen and oxygen atoms in total. The lowest BCUT2D eigenvalue weighted by Gasteiger charge is -2.35. The molecule has 2 aliphatic heterocycles. The first-order valence-electron chi connectivity index (χ1n) is 10.2. The molecule has 1 saturated heterocycles. The number of anilines is 1. The molecule has 0 aliphatic carbocycles. The number of fused-ring (bicyclic) bond motifs is 1. The summed E-state index contributed by atoms with van der Waals surface area (Å²) in [5, 5.41) is 10.8. The summed E-state index contributed by atoms with van der Waals surface area (Å²) in [4.78, 5) is 30.7. The number of methoxy groups -OCH3 is 2. The van der Waals surface area contributed by atoms with Gasteiger partial charge >= 0.3 is 6.03 Å². The van der Waals surface area contributed by atoms with Gasteiger partial charge in [-0.05, 0) is 38.1 Å². The van der Waals surface area contributed by atoms with Crippen LogP contribution in [0.1, 0.15) is 29.7 Å². The molecule has 0 radical (unpaired) electrons. The van der Waals surface area contributed by atoms with Gasteiger partial charge in [0, 0.05) is 29.9 Å². The summed E-state index contributed by atoms with van der Waals surface area (Å²) in [6.07, 6.45) is -0.827. The van der Waals surface area contributed by atoms with Gasteiger partial charge in [-0.15, -0.1) is 0 Å². The third kappa shape index (κ3) is 3.62. The predicted molar refractivity (Wildman–Crippen MR) is 115 cm³/mol. The summed E-state index contributed by atoms with van der Waals surface area (Å²) >= 11 is 0. The van der Waals surface area contributed by atoms with Gasteiger partial charge in [0.2, 0.25) is 0 Å². The van der Waals surface area contributed by atoms with E-state index in [-0.39, 0.29) is 25.2 Å². The molecule has 2 atom stereocenters. The van der Waals surface area contributed by atoms with Crippen LogP contribution in [0.3, 0.4) is 0 Å². The second kappa shape index (κ2) is 8.20. The standard InChI is InChI=1S/C23H27N3O5/c1-14-5-7-16(8-6-14)26-15(2)22(28)25(23(26)29)13-24-11-17-19(30-3)9-10-20(31-4)21(17)18(27)12-24/h5-10,15,18,27H,11-13H2,1-4H3. The number of aryl methyl sites for hydroxylation is 1. The normalized spacial score (nSPS) is 21.5. The molecule has 2 heterocycles. The van der Waals surface area contributed by atoms with Gasteiger partial charge < -0.3 is 14.6 Å². The molecule has 8 heteroatoms. The summed E-state index contributed by atoms with van der Waals surface area (Å²) in [5.74, 6) is 0.965. The number of urea groups is 1. The minimum atomic E-state index is -0.827. The number of ether oxygens (including phenoxy) is 2. The summed E-state index contributed by atoms with van der Waals surface area (Å²) in [6, 6.07) is 10.1. The van der Waals surface area contributed by atoms with E-state index in [9.17, 15) is 14.7 Å². The average Bonchev–Trinajstić information content (AvgIpc) is 2.97. The molecule has 164 valence electrons. The van der Waals surface area contributed by atoms with Crippen LogP contribution in [0.25, 0.3) is 0 Å². The van der Waals surface area contributed by atoms with Crippen LogP contribution in [-0.4, -0.2) is 60.3 Å². The van der Waals surface area contributed by atoms with E-state index in [1.807, 2.05) is 36.1 Å². The molecule has 1 fully saturated rings. The molecular weight excluding hydrogens is 398 g/mol. The lowest BCUT2D eigenvalue weighted by molar-refractivity contribution is -0.128. The molecule has 0 aromatic heterocycles. The fourth-order valence-corrected chi connectivity index (χ4v) is 4.35. The summed E-state index contributed by atoms with van der Waals surface area (Å²) in [5.41, 5.74) is 3.25. The minimum absolute atomic E-state index is 0.0846. The van der Waals surface area contributed by atoms with E-state index in [0.717, 1.165) is 11.1 Å². The van der Waals surface area contributed by atoms with Crippen molar-refractivity contribution in [3.63, 3.8) is 0 Å². The molecule has 0 saturated carbocycles. The van der Waals surface area contributed by atoms with Crippen LogP contribution < -0.4 is 14.4 Å². The zero-order valence-electron chi connectivity index (χ0n) is 18.2. The Balaban J connectivity index is 1.58. The molecule has 4 rings (SSSR count). The Bertz CT molecular complexity index is 1010. The fourth-order valence-electron chi connectivity index (χ4n) is 4.35. The number of aliphatic hydroxyl groups excluding tert-OH is 1. The van der Waals surface area contributed by atoms with Crippen molar-refractivity contribution in [1.82, 2.24) is 9.80 Å². The van der Waals surface area contributed by atoms with Crippen LogP contribution in [0, 0.1) is 6.92 Å². The Morgan fingerprint density at radius 3 is 2.32 bits per heavy atom. The average molecular weight is 425 g/mol. The van der Waals surface area contributed by atoms with Crippen molar-refractivity contribution >= 4 is 17.6 Å². The number of carbonyl (C=O) groups is 2. The number of carbonyl (C=O) groups excluding carboxylic acids is 2. The first-order valence-corrected chi connectivity index (χ1v) is 10.2. The number of hydrogen-bond donors (Lipinski definition) is 1. The van der Waals surface area contributed by atoms with E-state index in [0.29, 0.717) is 29.3 Å². The van der Waals surface area contributed by atoms with Gasteiger partial charge in [0.15, 0.2) is 0 Å². The molecule has 3 amide bonds. The predicted octanol–water partition coefficient (Wildman–Crippen LogP) is 2.68. The maximum Gasteiger partial charge on any atom is 0.333 e. The van der Waals surface area contributed by atoms with Gasteiger partial charge in [0.25, 0.3) is 5.91 Å². The van der Waals surface area contributed by atoms with Crippen LogP contribution >= 0.6 is 0 Å².